The van der Waals surface area contributed by atoms with E-state index >= 15 is 0 Å². The molecule has 7 heteroatoms. The summed E-state index contributed by atoms with van der Waals surface area (Å²) in [5.41, 5.74) is 0.177. The number of aliphatic hydroxyl groups excluding tert-OH is 1. The van der Waals surface area contributed by atoms with Crippen molar-refractivity contribution in [3.05, 3.63) is 24.0 Å². The molecule has 0 aromatic carbocycles. The third-order valence-corrected chi connectivity index (χ3v) is 5.20. The van der Waals surface area contributed by atoms with E-state index < -0.39 is 10.0 Å². The Labute approximate surface area is 112 Å². The molecule has 1 aromatic rings. The van der Waals surface area contributed by atoms with Crippen molar-refractivity contribution in [2.24, 2.45) is 0 Å². The molecular weight excluding hydrogens is 266 g/mol. The minimum atomic E-state index is -3.65. The van der Waals surface area contributed by atoms with Gasteiger partial charge in [-0.05, 0) is 25.0 Å². The molecular formula is C12H15N3O3S. The van der Waals surface area contributed by atoms with Crippen molar-refractivity contribution in [2.45, 2.75) is 30.2 Å². The smallest absolute Gasteiger partial charge is 0.244 e. The van der Waals surface area contributed by atoms with Gasteiger partial charge in [0.25, 0.3) is 0 Å². The number of nitriles is 1. The molecule has 102 valence electrons. The Hall–Kier alpha value is -1.49. The van der Waals surface area contributed by atoms with Gasteiger partial charge in [0.15, 0.2) is 0 Å². The highest BCUT2D eigenvalue weighted by atomic mass is 32.2. The summed E-state index contributed by atoms with van der Waals surface area (Å²) < 4.78 is 26.2. The zero-order chi connectivity index (χ0) is 13.9. The Morgan fingerprint density at radius 1 is 1.47 bits per heavy atom. The zero-order valence-electron chi connectivity index (χ0n) is 10.4. The second-order valence-electron chi connectivity index (χ2n) is 4.42. The van der Waals surface area contributed by atoms with E-state index in [9.17, 15) is 8.42 Å². The monoisotopic (exact) mass is 281 g/mol. The minimum Gasteiger partial charge on any atom is -0.395 e. The normalized spacial score (nSPS) is 16.1. The number of aliphatic hydroxyl groups is 1. The van der Waals surface area contributed by atoms with Crippen LogP contribution in [0.1, 0.15) is 25.0 Å². The standard InChI is InChI=1S/C12H15N3O3S/c13-8-10-4-5-12(9-14-10)19(17,18)15(6-7-16)11-2-1-3-11/h4-5,9,11,16H,1-3,6-7H2. The number of hydrogen-bond donors (Lipinski definition) is 1. The highest BCUT2D eigenvalue weighted by Gasteiger charge is 2.34. The Bertz CT molecular complexity index is 573. The van der Waals surface area contributed by atoms with Gasteiger partial charge in [0.05, 0.1) is 6.61 Å². The van der Waals surface area contributed by atoms with Crippen LogP contribution in [0.15, 0.2) is 23.2 Å². The van der Waals surface area contributed by atoms with E-state index in [0.717, 1.165) is 19.3 Å². The first kappa shape index (κ1) is 13.9. The summed E-state index contributed by atoms with van der Waals surface area (Å²) in [7, 11) is -3.65. The summed E-state index contributed by atoms with van der Waals surface area (Å²) >= 11 is 0. The molecule has 0 unspecified atom stereocenters. The topological polar surface area (TPSA) is 94.3 Å². The molecule has 1 aromatic heterocycles. The van der Waals surface area contributed by atoms with Crippen LogP contribution in [-0.4, -0.2) is 42.0 Å². The average Bonchev–Trinajstić information content (AvgIpc) is 2.36. The molecule has 1 heterocycles. The second kappa shape index (κ2) is 5.65. The van der Waals surface area contributed by atoms with Gasteiger partial charge in [0.2, 0.25) is 10.0 Å². The summed E-state index contributed by atoms with van der Waals surface area (Å²) in [5.74, 6) is 0. The van der Waals surface area contributed by atoms with Crippen LogP contribution < -0.4 is 0 Å². The third-order valence-electron chi connectivity index (χ3n) is 3.26. The molecule has 0 radical (unpaired) electrons. The zero-order valence-corrected chi connectivity index (χ0v) is 11.2. The van der Waals surface area contributed by atoms with E-state index in [1.54, 1.807) is 0 Å². The van der Waals surface area contributed by atoms with Crippen LogP contribution in [-0.2, 0) is 10.0 Å². The lowest BCUT2D eigenvalue weighted by Crippen LogP contribution is -2.45. The van der Waals surface area contributed by atoms with Gasteiger partial charge in [0, 0.05) is 18.8 Å². The van der Waals surface area contributed by atoms with Gasteiger partial charge < -0.3 is 5.11 Å². The molecule has 0 atom stereocenters. The summed E-state index contributed by atoms with van der Waals surface area (Å²) in [6, 6.07) is 4.57. The average molecular weight is 281 g/mol. The molecule has 1 aliphatic rings. The minimum absolute atomic E-state index is 0.0345. The highest BCUT2D eigenvalue weighted by Crippen LogP contribution is 2.29. The Morgan fingerprint density at radius 3 is 2.63 bits per heavy atom. The fraction of sp³-hybridized carbons (Fsp3) is 0.500. The maximum atomic E-state index is 12.4. The number of aromatic nitrogens is 1. The molecule has 6 nitrogen and oxygen atoms in total. The number of rotatable bonds is 5. The van der Waals surface area contributed by atoms with Gasteiger partial charge in [-0.15, -0.1) is 0 Å². The van der Waals surface area contributed by atoms with E-state index in [2.05, 4.69) is 4.98 Å². The van der Waals surface area contributed by atoms with Gasteiger partial charge in [0.1, 0.15) is 16.7 Å². The van der Waals surface area contributed by atoms with Crippen LogP contribution in [0.3, 0.4) is 0 Å². The Kier molecular flexibility index (Phi) is 4.14. The summed E-state index contributed by atoms with van der Waals surface area (Å²) in [6.07, 6.45) is 3.84. The van der Waals surface area contributed by atoms with E-state index in [1.165, 1.54) is 22.6 Å². The quantitative estimate of drug-likeness (QED) is 0.847. The van der Waals surface area contributed by atoms with Gasteiger partial charge in [-0.1, -0.05) is 6.42 Å². The van der Waals surface area contributed by atoms with E-state index in [0.29, 0.717) is 0 Å². The number of pyridine rings is 1. The fourth-order valence-electron chi connectivity index (χ4n) is 2.01. The largest absolute Gasteiger partial charge is 0.395 e. The molecule has 1 saturated carbocycles. The second-order valence-corrected chi connectivity index (χ2v) is 6.31. The van der Waals surface area contributed by atoms with Gasteiger partial charge in [-0.2, -0.15) is 9.57 Å². The molecule has 2 rings (SSSR count). The summed E-state index contributed by atoms with van der Waals surface area (Å²) in [6.45, 7) is -0.119. The van der Waals surface area contributed by atoms with Crippen LogP contribution in [0.4, 0.5) is 0 Å². The van der Waals surface area contributed by atoms with Crippen molar-refractivity contribution in [1.82, 2.24) is 9.29 Å². The van der Waals surface area contributed by atoms with E-state index in [-0.39, 0.29) is 29.8 Å². The lowest BCUT2D eigenvalue weighted by molar-refractivity contribution is 0.178. The van der Waals surface area contributed by atoms with Crippen molar-refractivity contribution in [3.8, 4) is 6.07 Å². The lowest BCUT2D eigenvalue weighted by Gasteiger charge is -2.36. The summed E-state index contributed by atoms with van der Waals surface area (Å²) in [5, 5.41) is 17.7. The molecule has 1 aliphatic carbocycles. The van der Waals surface area contributed by atoms with E-state index in [1.807, 2.05) is 6.07 Å². The first-order valence-corrected chi connectivity index (χ1v) is 7.52. The van der Waals surface area contributed by atoms with Crippen LogP contribution in [0.2, 0.25) is 0 Å². The van der Waals surface area contributed by atoms with Crippen molar-refractivity contribution < 1.29 is 13.5 Å². The van der Waals surface area contributed by atoms with Crippen LogP contribution in [0, 0.1) is 11.3 Å². The van der Waals surface area contributed by atoms with E-state index in [4.69, 9.17) is 10.4 Å². The summed E-state index contributed by atoms with van der Waals surface area (Å²) in [4.78, 5) is 3.84. The molecule has 1 fully saturated rings. The van der Waals surface area contributed by atoms with Crippen molar-refractivity contribution in [2.75, 3.05) is 13.2 Å². The maximum Gasteiger partial charge on any atom is 0.244 e. The fourth-order valence-corrected chi connectivity index (χ4v) is 3.63. The van der Waals surface area contributed by atoms with Crippen LogP contribution in [0.25, 0.3) is 0 Å². The SMILES string of the molecule is N#Cc1ccc(S(=O)(=O)N(CCO)C2CCC2)cn1. The molecule has 0 aliphatic heterocycles. The number of nitrogens with zero attached hydrogens (tertiary/aromatic N) is 3. The first-order chi connectivity index (χ1) is 9.09. The molecule has 1 N–H and O–H groups in total. The molecule has 0 amide bonds. The van der Waals surface area contributed by atoms with Crippen molar-refractivity contribution in [1.29, 1.82) is 5.26 Å². The highest BCUT2D eigenvalue weighted by molar-refractivity contribution is 7.89. The number of sulfonamides is 1. The van der Waals surface area contributed by atoms with Crippen molar-refractivity contribution >= 4 is 10.0 Å². The molecule has 19 heavy (non-hydrogen) atoms. The van der Waals surface area contributed by atoms with Gasteiger partial charge >= 0.3 is 0 Å². The predicted octanol–water partition coefficient (Wildman–Crippen LogP) is 0.489. The Balaban J connectivity index is 2.30. The molecule has 0 spiro atoms. The first-order valence-electron chi connectivity index (χ1n) is 6.08. The Morgan fingerprint density at radius 2 is 2.21 bits per heavy atom. The van der Waals surface area contributed by atoms with Crippen molar-refractivity contribution in [3.63, 3.8) is 0 Å². The van der Waals surface area contributed by atoms with Crippen LogP contribution in [0.5, 0.6) is 0 Å². The molecule has 0 bridgehead atoms. The predicted molar refractivity (Wildman–Crippen MR) is 67.6 cm³/mol. The number of hydrogen-bond acceptors (Lipinski definition) is 5. The van der Waals surface area contributed by atoms with Crippen LogP contribution >= 0.6 is 0 Å². The van der Waals surface area contributed by atoms with Gasteiger partial charge in [-0.25, -0.2) is 13.4 Å². The van der Waals surface area contributed by atoms with Gasteiger partial charge in [-0.3, -0.25) is 0 Å². The molecule has 0 saturated heterocycles. The lowest BCUT2D eigenvalue weighted by atomic mass is 9.93. The maximum absolute atomic E-state index is 12.4. The third kappa shape index (κ3) is 2.76.